The molecule has 2 aliphatic rings. The van der Waals surface area contributed by atoms with Crippen molar-refractivity contribution in [2.75, 3.05) is 25.4 Å². The number of thiophene rings is 1. The van der Waals surface area contributed by atoms with Gasteiger partial charge in [-0.15, -0.1) is 11.3 Å². The van der Waals surface area contributed by atoms with Gasteiger partial charge in [0, 0.05) is 24.5 Å². The minimum absolute atomic E-state index is 0.0803. The van der Waals surface area contributed by atoms with E-state index in [1.807, 2.05) is 6.07 Å². The number of rotatable bonds is 4. The molecule has 0 aromatic carbocycles. The smallest absolute Gasteiger partial charge is 0.261 e. The van der Waals surface area contributed by atoms with E-state index in [1.165, 1.54) is 21.2 Å². The first-order valence-corrected chi connectivity index (χ1v) is 11.5. The summed E-state index contributed by atoms with van der Waals surface area (Å²) in [6.07, 6.45) is 3.98. The van der Waals surface area contributed by atoms with Gasteiger partial charge in [-0.05, 0) is 48.6 Å². The van der Waals surface area contributed by atoms with Crippen LogP contribution in [0.1, 0.15) is 53.7 Å². The Balaban J connectivity index is 1.56. The Bertz CT molecular complexity index is 747. The minimum Gasteiger partial charge on any atom is -0.350 e. The number of carbonyl (C=O) groups excluding carboxylic acids is 1. The van der Waals surface area contributed by atoms with Crippen LogP contribution in [0.3, 0.4) is 0 Å². The maximum absolute atomic E-state index is 12.4. The molecule has 5 nitrogen and oxygen atoms in total. The van der Waals surface area contributed by atoms with E-state index in [1.54, 1.807) is 11.3 Å². The highest BCUT2D eigenvalue weighted by molar-refractivity contribution is 7.89. The number of aryl methyl sites for hydroxylation is 1. The number of carbonyl (C=O) groups is 1. The lowest BCUT2D eigenvalue weighted by atomic mass is 9.72. The van der Waals surface area contributed by atoms with Gasteiger partial charge in [-0.2, -0.15) is 0 Å². The number of nitrogens with one attached hydrogen (secondary N) is 1. The first-order chi connectivity index (χ1) is 11.7. The third kappa shape index (κ3) is 4.26. The van der Waals surface area contributed by atoms with E-state index in [0.29, 0.717) is 37.4 Å². The van der Waals surface area contributed by atoms with Crippen molar-refractivity contribution in [3.8, 4) is 0 Å². The molecule has 7 heteroatoms. The van der Waals surface area contributed by atoms with Gasteiger partial charge in [0.1, 0.15) is 0 Å². The van der Waals surface area contributed by atoms with Crippen molar-refractivity contribution in [3.05, 3.63) is 21.4 Å². The fourth-order valence-electron chi connectivity index (χ4n) is 3.70. The van der Waals surface area contributed by atoms with E-state index >= 15 is 0 Å². The molecular weight excluding hydrogens is 356 g/mol. The van der Waals surface area contributed by atoms with Crippen LogP contribution < -0.4 is 5.32 Å². The molecule has 1 unspecified atom stereocenters. The third-order valence-electron chi connectivity index (χ3n) is 5.38. The first kappa shape index (κ1) is 18.9. The van der Waals surface area contributed by atoms with Crippen LogP contribution in [-0.2, 0) is 22.9 Å². The minimum atomic E-state index is -3.09. The number of amides is 1. The van der Waals surface area contributed by atoms with Gasteiger partial charge >= 0.3 is 0 Å². The van der Waals surface area contributed by atoms with E-state index < -0.39 is 10.0 Å². The van der Waals surface area contributed by atoms with Crippen molar-refractivity contribution in [2.45, 2.75) is 46.5 Å². The lowest BCUT2D eigenvalue weighted by Crippen LogP contribution is -2.35. The zero-order chi connectivity index (χ0) is 18.2. The molecular formula is C18H28N2O3S2. The van der Waals surface area contributed by atoms with Crippen LogP contribution in [0.2, 0.25) is 0 Å². The van der Waals surface area contributed by atoms with Gasteiger partial charge in [-0.25, -0.2) is 12.7 Å². The predicted molar refractivity (Wildman–Crippen MR) is 102 cm³/mol. The van der Waals surface area contributed by atoms with Crippen molar-refractivity contribution in [1.82, 2.24) is 9.62 Å². The molecule has 2 heterocycles. The van der Waals surface area contributed by atoms with Crippen molar-refractivity contribution >= 4 is 27.3 Å². The summed E-state index contributed by atoms with van der Waals surface area (Å²) >= 11 is 1.59. The quantitative estimate of drug-likeness (QED) is 0.868. The highest BCUT2D eigenvalue weighted by Gasteiger charge is 2.31. The van der Waals surface area contributed by atoms with Crippen LogP contribution in [-0.4, -0.2) is 44.0 Å². The average Bonchev–Trinajstić information content (AvgIpc) is 3.08. The maximum atomic E-state index is 12.4. The van der Waals surface area contributed by atoms with Gasteiger partial charge < -0.3 is 5.32 Å². The Hall–Kier alpha value is -0.920. The molecule has 1 fully saturated rings. The normalized spacial score (nSPS) is 23.4. The van der Waals surface area contributed by atoms with Gasteiger partial charge in [-0.3, -0.25) is 4.79 Å². The molecule has 1 amide bonds. The zero-order valence-electron chi connectivity index (χ0n) is 15.3. The van der Waals surface area contributed by atoms with Gasteiger partial charge in [-0.1, -0.05) is 20.8 Å². The average molecular weight is 385 g/mol. The number of nitrogens with zero attached hydrogens (tertiary/aromatic N) is 1. The summed E-state index contributed by atoms with van der Waals surface area (Å²) < 4.78 is 25.0. The Labute approximate surface area is 154 Å². The second kappa shape index (κ2) is 7.00. The van der Waals surface area contributed by atoms with Crippen molar-refractivity contribution in [2.24, 2.45) is 11.3 Å². The van der Waals surface area contributed by atoms with E-state index in [4.69, 9.17) is 0 Å². The second-order valence-corrected chi connectivity index (χ2v) is 11.4. The Morgan fingerprint density at radius 3 is 2.80 bits per heavy atom. The second-order valence-electron chi connectivity index (χ2n) is 8.19. The lowest BCUT2D eigenvalue weighted by molar-refractivity contribution is 0.0956. The summed E-state index contributed by atoms with van der Waals surface area (Å²) in [6.45, 7) is 8.16. The molecule has 0 spiro atoms. The summed E-state index contributed by atoms with van der Waals surface area (Å²) in [6, 6.07) is 2.04. The van der Waals surface area contributed by atoms with Crippen LogP contribution in [0.25, 0.3) is 0 Å². The largest absolute Gasteiger partial charge is 0.350 e. The predicted octanol–water partition coefficient (Wildman–Crippen LogP) is 2.66. The van der Waals surface area contributed by atoms with Crippen LogP contribution >= 0.6 is 11.3 Å². The fraction of sp³-hybridized carbons (Fsp3) is 0.722. The van der Waals surface area contributed by atoms with Crippen molar-refractivity contribution in [1.29, 1.82) is 0 Å². The van der Waals surface area contributed by atoms with Crippen LogP contribution in [0, 0.1) is 11.3 Å². The Kier molecular flexibility index (Phi) is 5.28. The Morgan fingerprint density at radius 2 is 2.16 bits per heavy atom. The molecule has 0 saturated carbocycles. The molecule has 1 saturated heterocycles. The summed E-state index contributed by atoms with van der Waals surface area (Å²) in [5.41, 5.74) is 1.62. The monoisotopic (exact) mass is 384 g/mol. The summed E-state index contributed by atoms with van der Waals surface area (Å²) in [4.78, 5) is 14.5. The molecule has 0 bridgehead atoms. The molecule has 1 atom stereocenters. The summed E-state index contributed by atoms with van der Waals surface area (Å²) in [5, 5.41) is 2.88. The zero-order valence-corrected chi connectivity index (χ0v) is 16.9. The molecule has 3 rings (SSSR count). The Morgan fingerprint density at radius 1 is 1.40 bits per heavy atom. The van der Waals surface area contributed by atoms with Gasteiger partial charge in [0.2, 0.25) is 10.0 Å². The van der Waals surface area contributed by atoms with E-state index in [2.05, 4.69) is 26.1 Å². The number of fused-ring (bicyclic) bond motifs is 1. The van der Waals surface area contributed by atoms with E-state index in [9.17, 15) is 13.2 Å². The van der Waals surface area contributed by atoms with Crippen LogP contribution in [0.15, 0.2) is 6.07 Å². The van der Waals surface area contributed by atoms with Gasteiger partial charge in [0.25, 0.3) is 5.91 Å². The molecule has 140 valence electrons. The molecule has 25 heavy (non-hydrogen) atoms. The molecule has 1 aliphatic carbocycles. The fourth-order valence-corrected chi connectivity index (χ4v) is 6.35. The number of hydrogen-bond donors (Lipinski definition) is 1. The molecule has 1 aromatic heterocycles. The van der Waals surface area contributed by atoms with Crippen LogP contribution in [0.4, 0.5) is 0 Å². The SMILES string of the molecule is CC(C)(C)C1CCc2sc(C(=O)NCCN3CCCS3(=O)=O)cc2C1. The lowest BCUT2D eigenvalue weighted by Gasteiger charge is -2.33. The number of sulfonamides is 1. The summed E-state index contributed by atoms with van der Waals surface area (Å²) in [7, 11) is -3.09. The molecule has 0 radical (unpaired) electrons. The van der Waals surface area contributed by atoms with Crippen molar-refractivity contribution < 1.29 is 13.2 Å². The molecule has 1 N–H and O–H groups in total. The van der Waals surface area contributed by atoms with Gasteiger partial charge in [0.15, 0.2) is 0 Å². The van der Waals surface area contributed by atoms with Crippen LogP contribution in [0.5, 0.6) is 0 Å². The summed E-state index contributed by atoms with van der Waals surface area (Å²) in [5.74, 6) is 0.808. The molecule has 1 aliphatic heterocycles. The topological polar surface area (TPSA) is 66.5 Å². The third-order valence-corrected chi connectivity index (χ3v) is 8.57. The highest BCUT2D eigenvalue weighted by Crippen LogP contribution is 2.40. The van der Waals surface area contributed by atoms with E-state index in [0.717, 1.165) is 17.7 Å². The van der Waals surface area contributed by atoms with E-state index in [-0.39, 0.29) is 11.7 Å². The van der Waals surface area contributed by atoms with Gasteiger partial charge in [0.05, 0.1) is 10.6 Å². The maximum Gasteiger partial charge on any atom is 0.261 e. The number of hydrogen-bond acceptors (Lipinski definition) is 4. The standard InChI is InChI=1S/C18H28N2O3S2/c1-18(2,3)14-5-6-15-13(11-14)12-16(24-15)17(21)19-7-9-20-8-4-10-25(20,22)23/h12,14H,4-11H2,1-3H3,(H,19,21). The van der Waals surface area contributed by atoms with Crippen molar-refractivity contribution in [3.63, 3.8) is 0 Å². The molecule has 1 aromatic rings. The first-order valence-electron chi connectivity index (χ1n) is 9.04. The highest BCUT2D eigenvalue weighted by atomic mass is 32.2.